The zero-order valence-corrected chi connectivity index (χ0v) is 14.0. The maximum absolute atomic E-state index is 6.30. The van der Waals surface area contributed by atoms with Crippen molar-refractivity contribution in [3.63, 3.8) is 0 Å². The first-order valence-corrected chi connectivity index (χ1v) is 7.77. The molecule has 1 heterocycles. The van der Waals surface area contributed by atoms with E-state index in [1.54, 1.807) is 24.5 Å². The molecule has 0 aliphatic heterocycles. The quantitative estimate of drug-likeness (QED) is 0.748. The van der Waals surface area contributed by atoms with E-state index >= 15 is 0 Å². The van der Waals surface area contributed by atoms with Crippen molar-refractivity contribution < 1.29 is 4.84 Å². The molecular weight excluding hydrogens is 319 g/mol. The molecule has 1 aromatic heterocycles. The molecule has 0 fully saturated rings. The van der Waals surface area contributed by atoms with E-state index in [2.05, 4.69) is 24.3 Å². The molecule has 116 valence electrons. The number of benzene rings is 1. The number of rotatable bonds is 6. The van der Waals surface area contributed by atoms with Crippen LogP contribution in [0.3, 0.4) is 0 Å². The Bertz CT molecular complexity index is 642. The van der Waals surface area contributed by atoms with Crippen LogP contribution in [0.2, 0.25) is 10.0 Å². The lowest BCUT2D eigenvalue weighted by Gasteiger charge is -2.14. The maximum atomic E-state index is 6.30. The molecule has 22 heavy (non-hydrogen) atoms. The number of pyridine rings is 1. The summed E-state index contributed by atoms with van der Waals surface area (Å²) in [5, 5.41) is 1.15. The van der Waals surface area contributed by atoms with E-state index in [1.165, 1.54) is 0 Å². The number of hydrogen-bond acceptors (Lipinski definition) is 3. The zero-order valence-electron chi connectivity index (χ0n) is 12.5. The lowest BCUT2D eigenvalue weighted by molar-refractivity contribution is 0.0584. The summed E-state index contributed by atoms with van der Waals surface area (Å²) >= 11 is 12.3. The van der Waals surface area contributed by atoms with Crippen molar-refractivity contribution in [3.05, 3.63) is 63.9 Å². The van der Waals surface area contributed by atoms with E-state index in [1.807, 2.05) is 24.3 Å². The molecule has 0 spiro atoms. The Morgan fingerprint density at radius 1 is 1.32 bits per heavy atom. The van der Waals surface area contributed by atoms with Crippen molar-refractivity contribution in [2.75, 3.05) is 6.61 Å². The van der Waals surface area contributed by atoms with Gasteiger partial charge in [-0.1, -0.05) is 43.1 Å². The van der Waals surface area contributed by atoms with E-state index in [0.717, 1.165) is 16.8 Å². The van der Waals surface area contributed by atoms with E-state index in [4.69, 9.17) is 28.0 Å². The summed E-state index contributed by atoms with van der Waals surface area (Å²) in [6.07, 6.45) is 5.44. The summed E-state index contributed by atoms with van der Waals surface area (Å²) in [7, 11) is 0. The smallest absolute Gasteiger partial charge is 0.0768 e. The van der Waals surface area contributed by atoms with Gasteiger partial charge in [0, 0.05) is 23.0 Å². The molecule has 3 nitrogen and oxygen atoms in total. The highest BCUT2D eigenvalue weighted by Crippen LogP contribution is 2.27. The van der Waals surface area contributed by atoms with Crippen LogP contribution in [0.5, 0.6) is 0 Å². The van der Waals surface area contributed by atoms with E-state index in [-0.39, 0.29) is 0 Å². The number of hydrogen-bond donors (Lipinski definition) is 1. The van der Waals surface area contributed by atoms with Gasteiger partial charge in [-0.05, 0) is 41.8 Å². The molecule has 0 unspecified atom stereocenters. The fraction of sp³-hybridized carbons (Fsp3) is 0.235. The summed E-state index contributed by atoms with van der Waals surface area (Å²) in [5.41, 5.74) is 5.51. The van der Waals surface area contributed by atoms with Crippen LogP contribution < -0.4 is 5.48 Å². The Morgan fingerprint density at radius 2 is 2.14 bits per heavy atom. The number of aromatic nitrogens is 1. The second-order valence-corrected chi connectivity index (χ2v) is 6.12. The summed E-state index contributed by atoms with van der Waals surface area (Å²) in [5.74, 6) is 0.424. The number of hydroxylamine groups is 1. The van der Waals surface area contributed by atoms with E-state index in [0.29, 0.717) is 22.6 Å². The molecule has 0 atom stereocenters. The van der Waals surface area contributed by atoms with Crippen LogP contribution in [0.4, 0.5) is 0 Å². The largest absolute Gasteiger partial charge is 0.276 e. The highest BCUT2D eigenvalue weighted by atomic mass is 35.5. The van der Waals surface area contributed by atoms with Crippen molar-refractivity contribution in [2.45, 2.75) is 13.8 Å². The van der Waals surface area contributed by atoms with Gasteiger partial charge in [0.25, 0.3) is 0 Å². The highest BCUT2D eigenvalue weighted by molar-refractivity contribution is 6.35. The summed E-state index contributed by atoms with van der Waals surface area (Å²) in [6.45, 7) is 4.76. The molecular formula is C17H18Cl2N2O. The fourth-order valence-corrected chi connectivity index (χ4v) is 2.29. The standard InChI is InChI=1S/C17H18Cl2N2O/c1-12(2)11-22-21-17(8-13-4-3-7-20-10-13)15-6-5-14(18)9-16(15)19/h3-10,12,21H,11H2,1-2H3. The molecule has 0 amide bonds. The van der Waals surface area contributed by atoms with Gasteiger partial charge in [-0.2, -0.15) is 0 Å². The Morgan fingerprint density at radius 3 is 2.77 bits per heavy atom. The van der Waals surface area contributed by atoms with Gasteiger partial charge in [0.05, 0.1) is 17.3 Å². The van der Waals surface area contributed by atoms with Crippen molar-refractivity contribution in [3.8, 4) is 0 Å². The second-order valence-electron chi connectivity index (χ2n) is 5.28. The van der Waals surface area contributed by atoms with E-state index in [9.17, 15) is 0 Å². The average molecular weight is 337 g/mol. The van der Waals surface area contributed by atoms with E-state index < -0.39 is 0 Å². The minimum Gasteiger partial charge on any atom is -0.276 e. The summed E-state index contributed by atoms with van der Waals surface area (Å²) < 4.78 is 0. The molecule has 0 radical (unpaired) electrons. The molecule has 1 aromatic carbocycles. The minimum absolute atomic E-state index is 0.424. The van der Waals surface area contributed by atoms with Crippen LogP contribution in [0.25, 0.3) is 11.8 Å². The lowest BCUT2D eigenvalue weighted by atomic mass is 10.1. The third kappa shape index (κ3) is 5.02. The zero-order chi connectivity index (χ0) is 15.9. The first kappa shape index (κ1) is 16.8. The Kier molecular flexibility index (Phi) is 6.25. The van der Waals surface area contributed by atoms with Gasteiger partial charge in [-0.25, -0.2) is 0 Å². The predicted octanol–water partition coefficient (Wildman–Crippen LogP) is 5.06. The molecule has 0 aliphatic rings. The Balaban J connectivity index is 2.30. The molecule has 0 bridgehead atoms. The summed E-state index contributed by atoms with van der Waals surface area (Å²) in [4.78, 5) is 9.65. The van der Waals surface area contributed by atoms with Gasteiger partial charge in [0.2, 0.25) is 0 Å². The van der Waals surface area contributed by atoms with Crippen molar-refractivity contribution >= 4 is 35.0 Å². The third-order valence-corrected chi connectivity index (χ3v) is 3.36. The first-order valence-electron chi connectivity index (χ1n) is 7.01. The Labute approximate surface area is 140 Å². The van der Waals surface area contributed by atoms with Gasteiger partial charge in [0.15, 0.2) is 0 Å². The molecule has 0 saturated heterocycles. The predicted molar refractivity (Wildman–Crippen MR) is 92.5 cm³/mol. The molecule has 5 heteroatoms. The summed E-state index contributed by atoms with van der Waals surface area (Å²) in [6, 6.07) is 9.20. The molecule has 1 N–H and O–H groups in total. The number of nitrogens with one attached hydrogen (secondary N) is 1. The molecule has 2 aromatic rings. The third-order valence-electron chi connectivity index (χ3n) is 2.82. The number of nitrogens with zero attached hydrogens (tertiary/aromatic N) is 1. The SMILES string of the molecule is CC(C)CONC(=Cc1cccnc1)c1ccc(Cl)cc1Cl. The fourth-order valence-electron chi connectivity index (χ4n) is 1.78. The second kappa shape index (κ2) is 8.18. The van der Waals surface area contributed by atoms with Crippen LogP contribution in [-0.2, 0) is 4.84 Å². The highest BCUT2D eigenvalue weighted by Gasteiger charge is 2.08. The van der Waals surface area contributed by atoms with Gasteiger partial charge >= 0.3 is 0 Å². The maximum Gasteiger partial charge on any atom is 0.0768 e. The van der Waals surface area contributed by atoms with Gasteiger partial charge in [-0.3, -0.25) is 15.3 Å². The van der Waals surface area contributed by atoms with Crippen LogP contribution >= 0.6 is 23.2 Å². The van der Waals surface area contributed by atoms with Crippen LogP contribution in [0.15, 0.2) is 42.7 Å². The van der Waals surface area contributed by atoms with Gasteiger partial charge in [-0.15, -0.1) is 0 Å². The van der Waals surface area contributed by atoms with Crippen molar-refractivity contribution in [2.24, 2.45) is 5.92 Å². The minimum atomic E-state index is 0.424. The van der Waals surface area contributed by atoms with Gasteiger partial charge in [0.1, 0.15) is 0 Å². The first-order chi connectivity index (χ1) is 10.6. The van der Waals surface area contributed by atoms with Gasteiger partial charge < -0.3 is 0 Å². The Hall–Kier alpha value is -1.55. The molecule has 2 rings (SSSR count). The molecule has 0 saturated carbocycles. The van der Waals surface area contributed by atoms with Crippen LogP contribution in [0.1, 0.15) is 25.0 Å². The molecule has 0 aliphatic carbocycles. The lowest BCUT2D eigenvalue weighted by Crippen LogP contribution is -2.16. The van der Waals surface area contributed by atoms with Crippen LogP contribution in [0, 0.1) is 5.92 Å². The normalized spacial score (nSPS) is 11.8. The van der Waals surface area contributed by atoms with Crippen LogP contribution in [-0.4, -0.2) is 11.6 Å². The topological polar surface area (TPSA) is 34.1 Å². The number of halogens is 2. The monoisotopic (exact) mass is 336 g/mol. The van der Waals surface area contributed by atoms with Crippen molar-refractivity contribution in [1.82, 2.24) is 10.5 Å². The average Bonchev–Trinajstić information content (AvgIpc) is 2.47. The van der Waals surface area contributed by atoms with Crippen molar-refractivity contribution in [1.29, 1.82) is 0 Å².